The molecule has 0 bridgehead atoms. The molecule has 0 aromatic heterocycles. The van der Waals surface area contributed by atoms with E-state index in [1.807, 2.05) is 0 Å². The van der Waals surface area contributed by atoms with Crippen LogP contribution >= 0.6 is 0 Å². The molecular formula is C8H18O5. The Kier molecular flexibility index (Phi) is 6.19. The van der Waals surface area contributed by atoms with E-state index in [4.69, 9.17) is 25.2 Å². The van der Waals surface area contributed by atoms with Gasteiger partial charge in [-0.2, -0.15) is 0 Å². The molecule has 0 saturated heterocycles. The molecule has 0 aliphatic carbocycles. The van der Waals surface area contributed by atoms with Gasteiger partial charge in [0.1, 0.15) is 12.2 Å². The minimum Gasteiger partial charge on any atom is -0.394 e. The van der Waals surface area contributed by atoms with Gasteiger partial charge in [-0.15, -0.1) is 0 Å². The lowest BCUT2D eigenvalue weighted by atomic mass is 10.2. The molecule has 0 fully saturated rings. The van der Waals surface area contributed by atoms with E-state index in [9.17, 15) is 0 Å². The second kappa shape index (κ2) is 6.28. The molecule has 0 aliphatic rings. The molecule has 1 unspecified atom stereocenters. The van der Waals surface area contributed by atoms with Crippen molar-refractivity contribution in [3.05, 3.63) is 0 Å². The van der Waals surface area contributed by atoms with Crippen LogP contribution in [0.1, 0.15) is 13.8 Å². The second-order valence-electron chi connectivity index (χ2n) is 3.05. The molecule has 4 N–H and O–H groups in total. The number of rotatable bonds is 6. The predicted octanol–water partition coefficient (Wildman–Crippen LogP) is -1.51. The van der Waals surface area contributed by atoms with Crippen molar-refractivity contribution in [3.63, 3.8) is 0 Å². The molecule has 0 aromatic carbocycles. The summed E-state index contributed by atoms with van der Waals surface area (Å²) in [6.45, 7) is 2.30. The highest BCUT2D eigenvalue weighted by Crippen LogP contribution is 2.06. The van der Waals surface area contributed by atoms with Gasteiger partial charge in [-0.1, -0.05) is 0 Å². The van der Waals surface area contributed by atoms with Crippen LogP contribution in [0, 0.1) is 0 Å². The van der Waals surface area contributed by atoms with E-state index in [0.29, 0.717) is 0 Å². The lowest BCUT2D eigenvalue weighted by Crippen LogP contribution is -2.40. The van der Waals surface area contributed by atoms with Gasteiger partial charge < -0.3 is 25.2 Å². The maximum absolute atomic E-state index is 9.13. The summed E-state index contributed by atoms with van der Waals surface area (Å²) in [5, 5.41) is 35.6. The Hall–Kier alpha value is -0.200. The number of aliphatic hydroxyl groups excluding tert-OH is 4. The van der Waals surface area contributed by atoms with Crippen molar-refractivity contribution >= 4 is 0 Å². The molecule has 0 aromatic rings. The van der Waals surface area contributed by atoms with Gasteiger partial charge in [0.15, 0.2) is 0 Å². The summed E-state index contributed by atoms with van der Waals surface area (Å²) in [7, 11) is 0. The molecule has 0 spiro atoms. The van der Waals surface area contributed by atoms with Crippen LogP contribution in [0.4, 0.5) is 0 Å². The molecular weight excluding hydrogens is 176 g/mol. The van der Waals surface area contributed by atoms with Crippen molar-refractivity contribution < 1.29 is 25.2 Å². The molecule has 13 heavy (non-hydrogen) atoms. The third-order valence-electron chi connectivity index (χ3n) is 1.86. The summed E-state index contributed by atoms with van der Waals surface area (Å²) in [5.41, 5.74) is 0. The topological polar surface area (TPSA) is 90.2 Å². The Balaban J connectivity index is 3.97. The quantitative estimate of drug-likeness (QED) is 0.412. The SMILES string of the molecule is C[C@H](O)[C@H](C)OC(CO)[C@@H](O)CO. The zero-order valence-corrected chi connectivity index (χ0v) is 7.92. The summed E-state index contributed by atoms with van der Waals surface area (Å²) in [6.07, 6.45) is -3.14. The summed E-state index contributed by atoms with van der Waals surface area (Å²) in [4.78, 5) is 0. The molecule has 0 saturated carbocycles. The highest BCUT2D eigenvalue weighted by molar-refractivity contribution is 4.70. The number of ether oxygens (including phenoxy) is 1. The molecule has 0 heterocycles. The van der Waals surface area contributed by atoms with Crippen molar-refractivity contribution in [1.82, 2.24) is 0 Å². The monoisotopic (exact) mass is 194 g/mol. The molecule has 80 valence electrons. The van der Waals surface area contributed by atoms with Gasteiger partial charge in [0.2, 0.25) is 0 Å². The average molecular weight is 194 g/mol. The maximum atomic E-state index is 9.13. The van der Waals surface area contributed by atoms with E-state index >= 15 is 0 Å². The second-order valence-corrected chi connectivity index (χ2v) is 3.05. The van der Waals surface area contributed by atoms with Crippen molar-refractivity contribution in [1.29, 1.82) is 0 Å². The van der Waals surface area contributed by atoms with E-state index in [-0.39, 0.29) is 0 Å². The molecule has 4 atom stereocenters. The minimum atomic E-state index is -1.12. The van der Waals surface area contributed by atoms with Crippen LogP contribution in [0.3, 0.4) is 0 Å². The van der Waals surface area contributed by atoms with E-state index in [1.54, 1.807) is 13.8 Å². The number of hydrogen-bond acceptors (Lipinski definition) is 5. The van der Waals surface area contributed by atoms with E-state index in [1.165, 1.54) is 0 Å². The third-order valence-corrected chi connectivity index (χ3v) is 1.86. The van der Waals surface area contributed by atoms with Crippen LogP contribution in [-0.4, -0.2) is 58.1 Å². The van der Waals surface area contributed by atoms with Crippen LogP contribution in [0.2, 0.25) is 0 Å². The van der Waals surface area contributed by atoms with Gasteiger partial charge in [-0.05, 0) is 13.8 Å². The number of hydrogen-bond donors (Lipinski definition) is 4. The molecule has 0 aliphatic heterocycles. The van der Waals surface area contributed by atoms with Gasteiger partial charge in [-0.25, -0.2) is 0 Å². The van der Waals surface area contributed by atoms with Gasteiger partial charge in [0, 0.05) is 0 Å². The molecule has 0 radical (unpaired) electrons. The zero-order chi connectivity index (χ0) is 10.4. The molecule has 0 amide bonds. The van der Waals surface area contributed by atoms with Crippen LogP contribution in [-0.2, 0) is 4.74 Å². The Morgan fingerprint density at radius 2 is 1.62 bits per heavy atom. The first-order valence-electron chi connectivity index (χ1n) is 4.26. The van der Waals surface area contributed by atoms with Gasteiger partial charge in [-0.3, -0.25) is 0 Å². The Morgan fingerprint density at radius 3 is 1.92 bits per heavy atom. The normalized spacial score (nSPS) is 20.8. The molecule has 5 heteroatoms. The zero-order valence-electron chi connectivity index (χ0n) is 7.92. The fourth-order valence-corrected chi connectivity index (χ4v) is 0.762. The first kappa shape index (κ1) is 12.8. The van der Waals surface area contributed by atoms with Crippen LogP contribution in [0.5, 0.6) is 0 Å². The first-order chi connectivity index (χ1) is 6.02. The van der Waals surface area contributed by atoms with Crippen LogP contribution < -0.4 is 0 Å². The Labute approximate surface area is 77.6 Å². The Morgan fingerprint density at radius 1 is 1.08 bits per heavy atom. The van der Waals surface area contributed by atoms with Crippen molar-refractivity contribution in [2.75, 3.05) is 13.2 Å². The average Bonchev–Trinajstić information content (AvgIpc) is 2.12. The van der Waals surface area contributed by atoms with Gasteiger partial charge in [0.25, 0.3) is 0 Å². The lowest BCUT2D eigenvalue weighted by Gasteiger charge is -2.25. The lowest BCUT2D eigenvalue weighted by molar-refractivity contribution is -0.129. The largest absolute Gasteiger partial charge is 0.394 e. The van der Waals surface area contributed by atoms with Crippen LogP contribution in [0.25, 0.3) is 0 Å². The van der Waals surface area contributed by atoms with Gasteiger partial charge >= 0.3 is 0 Å². The van der Waals surface area contributed by atoms with E-state index in [0.717, 1.165) is 0 Å². The standard InChI is InChI=1S/C8H18O5/c1-5(11)6(2)13-8(4-10)7(12)3-9/h5-12H,3-4H2,1-2H3/t5-,6-,7-,8?/m0/s1. The Bertz CT molecular complexity index is 128. The maximum Gasteiger partial charge on any atom is 0.109 e. The summed E-state index contributed by atoms with van der Waals surface area (Å²) >= 11 is 0. The molecule has 0 rings (SSSR count). The van der Waals surface area contributed by atoms with Gasteiger partial charge in [0.05, 0.1) is 25.4 Å². The minimum absolute atomic E-state index is 0.390. The first-order valence-corrected chi connectivity index (χ1v) is 4.26. The highest BCUT2D eigenvalue weighted by atomic mass is 16.5. The summed E-state index contributed by atoms with van der Waals surface area (Å²) in [6, 6.07) is 0. The van der Waals surface area contributed by atoms with E-state index < -0.39 is 37.6 Å². The fraction of sp³-hybridized carbons (Fsp3) is 1.00. The smallest absolute Gasteiger partial charge is 0.109 e. The highest BCUT2D eigenvalue weighted by Gasteiger charge is 2.22. The van der Waals surface area contributed by atoms with Crippen molar-refractivity contribution in [2.45, 2.75) is 38.3 Å². The van der Waals surface area contributed by atoms with Crippen LogP contribution in [0.15, 0.2) is 0 Å². The summed E-state index contributed by atoms with van der Waals surface area (Å²) in [5.74, 6) is 0. The third kappa shape index (κ3) is 4.54. The fourth-order valence-electron chi connectivity index (χ4n) is 0.762. The number of aliphatic hydroxyl groups is 4. The van der Waals surface area contributed by atoms with E-state index in [2.05, 4.69) is 0 Å². The predicted molar refractivity (Wildman–Crippen MR) is 46.2 cm³/mol. The van der Waals surface area contributed by atoms with Crippen molar-refractivity contribution in [2.24, 2.45) is 0 Å². The molecule has 5 nitrogen and oxygen atoms in total. The summed E-state index contributed by atoms with van der Waals surface area (Å²) < 4.78 is 5.10. The van der Waals surface area contributed by atoms with Crippen molar-refractivity contribution in [3.8, 4) is 0 Å².